The molecule has 0 aromatic carbocycles. The van der Waals surface area contributed by atoms with Crippen LogP contribution in [0.1, 0.15) is 19.8 Å². The van der Waals surface area contributed by atoms with E-state index < -0.39 is 0 Å². The van der Waals surface area contributed by atoms with E-state index in [2.05, 4.69) is 13.5 Å². The SMILES string of the molecule is C=CC1CC(=O)N1CCC. The number of nitrogens with zero attached hydrogens (tertiary/aromatic N) is 1. The smallest absolute Gasteiger partial charge is 0.225 e. The fraction of sp³-hybridized carbons (Fsp3) is 0.625. The molecule has 2 heteroatoms. The monoisotopic (exact) mass is 139 g/mol. The first-order valence-electron chi connectivity index (χ1n) is 3.71. The maximum atomic E-state index is 10.9. The quantitative estimate of drug-likeness (QED) is 0.425. The number of carbonyl (C=O) groups excluding carboxylic acids is 1. The van der Waals surface area contributed by atoms with E-state index in [1.54, 1.807) is 0 Å². The summed E-state index contributed by atoms with van der Waals surface area (Å²) < 4.78 is 0. The van der Waals surface area contributed by atoms with Crippen molar-refractivity contribution in [3.8, 4) is 0 Å². The van der Waals surface area contributed by atoms with Crippen LogP contribution in [-0.2, 0) is 4.79 Å². The van der Waals surface area contributed by atoms with E-state index in [4.69, 9.17) is 0 Å². The second-order valence-corrected chi connectivity index (χ2v) is 2.59. The van der Waals surface area contributed by atoms with Gasteiger partial charge in [-0.3, -0.25) is 4.79 Å². The Bertz CT molecular complexity index is 153. The van der Waals surface area contributed by atoms with E-state index in [-0.39, 0.29) is 5.91 Å². The van der Waals surface area contributed by atoms with Crippen LogP contribution in [0, 0.1) is 0 Å². The molecule has 1 atom stereocenters. The van der Waals surface area contributed by atoms with Crippen molar-refractivity contribution in [1.29, 1.82) is 0 Å². The zero-order chi connectivity index (χ0) is 7.56. The van der Waals surface area contributed by atoms with Crippen molar-refractivity contribution >= 4 is 5.91 Å². The number of likely N-dealkylation sites (tertiary alicyclic amines) is 1. The van der Waals surface area contributed by atoms with Crippen LogP contribution < -0.4 is 0 Å². The molecule has 1 saturated heterocycles. The van der Waals surface area contributed by atoms with Crippen molar-refractivity contribution < 1.29 is 4.79 Å². The van der Waals surface area contributed by atoms with Gasteiger partial charge in [-0.15, -0.1) is 6.58 Å². The molecule has 0 bridgehead atoms. The van der Waals surface area contributed by atoms with Crippen molar-refractivity contribution in [3.05, 3.63) is 12.7 Å². The largest absolute Gasteiger partial charge is 0.336 e. The van der Waals surface area contributed by atoms with Gasteiger partial charge in [-0.2, -0.15) is 0 Å². The summed E-state index contributed by atoms with van der Waals surface area (Å²) in [5.41, 5.74) is 0. The predicted octanol–water partition coefficient (Wildman–Crippen LogP) is 1.18. The molecule has 10 heavy (non-hydrogen) atoms. The van der Waals surface area contributed by atoms with Gasteiger partial charge in [-0.05, 0) is 6.42 Å². The van der Waals surface area contributed by atoms with Gasteiger partial charge >= 0.3 is 0 Å². The predicted molar refractivity (Wildman–Crippen MR) is 40.6 cm³/mol. The molecule has 2 nitrogen and oxygen atoms in total. The summed E-state index contributed by atoms with van der Waals surface area (Å²) in [5, 5.41) is 0. The third kappa shape index (κ3) is 1.06. The lowest BCUT2D eigenvalue weighted by molar-refractivity contribution is -0.143. The summed E-state index contributed by atoms with van der Waals surface area (Å²) in [6.07, 6.45) is 3.55. The van der Waals surface area contributed by atoms with E-state index in [0.29, 0.717) is 12.5 Å². The molecular formula is C8H13NO. The topological polar surface area (TPSA) is 20.3 Å². The average molecular weight is 139 g/mol. The van der Waals surface area contributed by atoms with E-state index >= 15 is 0 Å². The van der Waals surface area contributed by atoms with Crippen LogP contribution in [0.2, 0.25) is 0 Å². The number of carbonyl (C=O) groups is 1. The van der Waals surface area contributed by atoms with E-state index in [1.807, 2.05) is 11.0 Å². The molecule has 1 unspecified atom stereocenters. The summed E-state index contributed by atoms with van der Waals surface area (Å²) in [6.45, 7) is 6.62. The van der Waals surface area contributed by atoms with Gasteiger partial charge < -0.3 is 4.90 Å². The van der Waals surface area contributed by atoms with Gasteiger partial charge in [-0.25, -0.2) is 0 Å². The maximum Gasteiger partial charge on any atom is 0.225 e. The lowest BCUT2D eigenvalue weighted by Gasteiger charge is -2.38. The summed E-state index contributed by atoms with van der Waals surface area (Å²) in [4.78, 5) is 12.7. The lowest BCUT2D eigenvalue weighted by Crippen LogP contribution is -2.51. The summed E-state index contributed by atoms with van der Waals surface area (Å²) >= 11 is 0. The van der Waals surface area contributed by atoms with E-state index in [0.717, 1.165) is 13.0 Å². The van der Waals surface area contributed by atoms with Crippen LogP contribution in [-0.4, -0.2) is 23.4 Å². The second-order valence-electron chi connectivity index (χ2n) is 2.59. The van der Waals surface area contributed by atoms with Crippen LogP contribution in [0.25, 0.3) is 0 Å². The molecule has 1 rings (SSSR count). The molecular weight excluding hydrogens is 126 g/mol. The minimum Gasteiger partial charge on any atom is -0.336 e. The number of amides is 1. The number of hydrogen-bond acceptors (Lipinski definition) is 1. The summed E-state index contributed by atoms with van der Waals surface area (Å²) in [7, 11) is 0. The molecule has 1 amide bonds. The molecule has 0 aromatic rings. The second kappa shape index (κ2) is 2.86. The van der Waals surface area contributed by atoms with Crippen LogP contribution in [0.15, 0.2) is 12.7 Å². The van der Waals surface area contributed by atoms with Crippen molar-refractivity contribution in [3.63, 3.8) is 0 Å². The van der Waals surface area contributed by atoms with E-state index in [1.165, 1.54) is 0 Å². The molecule has 1 aliphatic rings. The summed E-state index contributed by atoms with van der Waals surface area (Å²) in [6, 6.07) is 0.326. The Labute approximate surface area is 61.5 Å². The highest BCUT2D eigenvalue weighted by molar-refractivity contribution is 5.83. The first-order valence-corrected chi connectivity index (χ1v) is 3.71. The highest BCUT2D eigenvalue weighted by Crippen LogP contribution is 2.19. The van der Waals surface area contributed by atoms with Gasteiger partial charge in [0.05, 0.1) is 12.5 Å². The Morgan fingerprint density at radius 1 is 1.90 bits per heavy atom. The molecule has 0 radical (unpaired) electrons. The molecule has 1 fully saturated rings. The van der Waals surface area contributed by atoms with Crippen LogP contribution in [0.5, 0.6) is 0 Å². The van der Waals surface area contributed by atoms with Gasteiger partial charge in [-0.1, -0.05) is 13.0 Å². The Morgan fingerprint density at radius 3 is 3.00 bits per heavy atom. The fourth-order valence-electron chi connectivity index (χ4n) is 1.22. The fourth-order valence-corrected chi connectivity index (χ4v) is 1.22. The molecule has 56 valence electrons. The molecule has 0 spiro atoms. The van der Waals surface area contributed by atoms with Gasteiger partial charge in [0.25, 0.3) is 0 Å². The van der Waals surface area contributed by atoms with Gasteiger partial charge in [0.2, 0.25) is 5.91 Å². The van der Waals surface area contributed by atoms with Gasteiger partial charge in [0.15, 0.2) is 0 Å². The van der Waals surface area contributed by atoms with Crippen molar-refractivity contribution in [1.82, 2.24) is 4.90 Å². The molecule has 0 N–H and O–H groups in total. The standard InChI is InChI=1S/C8H13NO/c1-3-5-9-7(4-2)6-8(9)10/h4,7H,2-3,5-6H2,1H3. The summed E-state index contributed by atoms with van der Waals surface area (Å²) in [5.74, 6) is 0.270. The zero-order valence-electron chi connectivity index (χ0n) is 6.34. The van der Waals surface area contributed by atoms with Crippen molar-refractivity contribution in [2.45, 2.75) is 25.8 Å². The first kappa shape index (κ1) is 7.32. The molecule has 0 aromatic heterocycles. The molecule has 0 aliphatic carbocycles. The molecule has 0 saturated carbocycles. The average Bonchev–Trinajstić information content (AvgIpc) is 1.95. The van der Waals surface area contributed by atoms with Crippen molar-refractivity contribution in [2.24, 2.45) is 0 Å². The minimum atomic E-state index is 0.270. The number of hydrogen-bond donors (Lipinski definition) is 0. The molecule has 1 aliphatic heterocycles. The lowest BCUT2D eigenvalue weighted by atomic mass is 10.0. The first-order chi connectivity index (χ1) is 4.79. The Morgan fingerprint density at radius 2 is 2.60 bits per heavy atom. The zero-order valence-corrected chi connectivity index (χ0v) is 6.34. The van der Waals surface area contributed by atoms with Gasteiger partial charge in [0.1, 0.15) is 0 Å². The normalized spacial score (nSPS) is 24.3. The highest BCUT2D eigenvalue weighted by Gasteiger charge is 2.32. The van der Waals surface area contributed by atoms with Crippen LogP contribution in [0.4, 0.5) is 0 Å². The highest BCUT2D eigenvalue weighted by atomic mass is 16.2. The third-order valence-electron chi connectivity index (χ3n) is 1.84. The third-order valence-corrected chi connectivity index (χ3v) is 1.84. The Balaban J connectivity index is 2.39. The minimum absolute atomic E-state index is 0.270. The molecule has 1 heterocycles. The Kier molecular flexibility index (Phi) is 2.10. The van der Waals surface area contributed by atoms with Gasteiger partial charge in [0, 0.05) is 6.54 Å². The van der Waals surface area contributed by atoms with Crippen LogP contribution >= 0.6 is 0 Å². The van der Waals surface area contributed by atoms with E-state index in [9.17, 15) is 4.79 Å². The maximum absolute atomic E-state index is 10.9. The van der Waals surface area contributed by atoms with Crippen LogP contribution in [0.3, 0.4) is 0 Å². The van der Waals surface area contributed by atoms with Crippen molar-refractivity contribution in [2.75, 3.05) is 6.54 Å². The number of rotatable bonds is 3. The Hall–Kier alpha value is -0.790. The number of β-lactam (4-membered cyclic amide) rings is 1.